The molecule has 1 heterocycles. The Morgan fingerprint density at radius 1 is 1.20 bits per heavy atom. The van der Waals surface area contributed by atoms with Gasteiger partial charge in [-0.25, -0.2) is 0 Å². The van der Waals surface area contributed by atoms with Crippen molar-refractivity contribution in [2.24, 2.45) is 11.3 Å². The maximum absolute atomic E-state index is 3.78. The van der Waals surface area contributed by atoms with Gasteiger partial charge in [0, 0.05) is 31.7 Å². The van der Waals surface area contributed by atoms with Crippen LogP contribution in [0.5, 0.6) is 0 Å². The van der Waals surface area contributed by atoms with E-state index in [2.05, 4.69) is 51.8 Å². The third-order valence-corrected chi connectivity index (χ3v) is 5.09. The lowest BCUT2D eigenvalue weighted by atomic mass is 9.84. The maximum atomic E-state index is 3.78. The molecule has 0 saturated carbocycles. The van der Waals surface area contributed by atoms with Crippen LogP contribution in [0.3, 0.4) is 0 Å². The largest absolute Gasteiger partial charge is 0.311 e. The number of piperazine rings is 1. The SMILES string of the molecule is CCCCC(CC)CN1CC(C(C)(C)C)NCC1CC. The van der Waals surface area contributed by atoms with Crippen molar-refractivity contribution in [3.05, 3.63) is 0 Å². The Hall–Kier alpha value is -0.0800. The average molecular weight is 283 g/mol. The van der Waals surface area contributed by atoms with Gasteiger partial charge in [-0.1, -0.05) is 60.8 Å². The van der Waals surface area contributed by atoms with Crippen LogP contribution in [-0.4, -0.2) is 36.6 Å². The van der Waals surface area contributed by atoms with Gasteiger partial charge < -0.3 is 5.32 Å². The summed E-state index contributed by atoms with van der Waals surface area (Å²) in [6.07, 6.45) is 6.74. The highest BCUT2D eigenvalue weighted by Gasteiger charge is 2.33. The molecule has 1 N–H and O–H groups in total. The summed E-state index contributed by atoms with van der Waals surface area (Å²) in [5, 5.41) is 3.78. The highest BCUT2D eigenvalue weighted by atomic mass is 15.2. The summed E-state index contributed by atoms with van der Waals surface area (Å²) in [4.78, 5) is 2.79. The van der Waals surface area contributed by atoms with Crippen molar-refractivity contribution in [1.82, 2.24) is 10.2 Å². The number of nitrogens with one attached hydrogen (secondary N) is 1. The molecule has 2 heteroatoms. The van der Waals surface area contributed by atoms with Gasteiger partial charge in [0.15, 0.2) is 0 Å². The van der Waals surface area contributed by atoms with E-state index in [0.717, 1.165) is 12.0 Å². The fraction of sp³-hybridized carbons (Fsp3) is 1.00. The number of hydrogen-bond donors (Lipinski definition) is 1. The molecule has 2 nitrogen and oxygen atoms in total. The molecule has 0 aromatic heterocycles. The highest BCUT2D eigenvalue weighted by molar-refractivity contribution is 4.92. The van der Waals surface area contributed by atoms with E-state index in [1.54, 1.807) is 0 Å². The summed E-state index contributed by atoms with van der Waals surface area (Å²) in [6, 6.07) is 1.37. The van der Waals surface area contributed by atoms with E-state index < -0.39 is 0 Å². The molecule has 1 rings (SSSR count). The Kier molecular flexibility index (Phi) is 7.53. The van der Waals surface area contributed by atoms with Gasteiger partial charge >= 0.3 is 0 Å². The van der Waals surface area contributed by atoms with Crippen LogP contribution in [-0.2, 0) is 0 Å². The second kappa shape index (κ2) is 8.38. The number of unbranched alkanes of at least 4 members (excludes halogenated alkanes) is 1. The first kappa shape index (κ1) is 18.0. The van der Waals surface area contributed by atoms with Gasteiger partial charge in [-0.2, -0.15) is 0 Å². The van der Waals surface area contributed by atoms with Crippen molar-refractivity contribution >= 4 is 0 Å². The van der Waals surface area contributed by atoms with Crippen LogP contribution in [0.2, 0.25) is 0 Å². The average Bonchev–Trinajstić information content (AvgIpc) is 2.42. The number of rotatable bonds is 7. The zero-order chi connectivity index (χ0) is 15.2. The maximum Gasteiger partial charge on any atom is 0.0244 e. The van der Waals surface area contributed by atoms with Crippen LogP contribution in [0.25, 0.3) is 0 Å². The molecule has 0 amide bonds. The third kappa shape index (κ3) is 5.37. The first-order chi connectivity index (χ1) is 9.42. The van der Waals surface area contributed by atoms with Gasteiger partial charge in [-0.3, -0.25) is 4.90 Å². The topological polar surface area (TPSA) is 15.3 Å². The number of hydrogen-bond acceptors (Lipinski definition) is 2. The molecule has 3 unspecified atom stereocenters. The normalized spacial score (nSPS) is 26.7. The zero-order valence-electron chi connectivity index (χ0n) is 14.8. The van der Waals surface area contributed by atoms with Crippen molar-refractivity contribution in [3.63, 3.8) is 0 Å². The van der Waals surface area contributed by atoms with E-state index in [9.17, 15) is 0 Å². The van der Waals surface area contributed by atoms with E-state index in [1.165, 1.54) is 51.7 Å². The van der Waals surface area contributed by atoms with E-state index in [1.807, 2.05) is 0 Å². The minimum absolute atomic E-state index is 0.363. The molecule has 1 aliphatic rings. The smallest absolute Gasteiger partial charge is 0.0244 e. The van der Waals surface area contributed by atoms with Gasteiger partial charge in [0.25, 0.3) is 0 Å². The predicted molar refractivity (Wildman–Crippen MR) is 90.2 cm³/mol. The Morgan fingerprint density at radius 3 is 2.40 bits per heavy atom. The van der Waals surface area contributed by atoms with Crippen LogP contribution in [0.15, 0.2) is 0 Å². The lowest BCUT2D eigenvalue weighted by Gasteiger charge is -2.46. The van der Waals surface area contributed by atoms with Crippen molar-refractivity contribution in [2.45, 2.75) is 85.7 Å². The van der Waals surface area contributed by atoms with E-state index in [4.69, 9.17) is 0 Å². The molecule has 1 aliphatic heterocycles. The minimum Gasteiger partial charge on any atom is -0.311 e. The zero-order valence-corrected chi connectivity index (χ0v) is 14.8. The van der Waals surface area contributed by atoms with Crippen molar-refractivity contribution in [1.29, 1.82) is 0 Å². The predicted octanol–water partition coefficient (Wildman–Crippen LogP) is 4.30. The van der Waals surface area contributed by atoms with Gasteiger partial charge in [0.2, 0.25) is 0 Å². The molecule has 0 aliphatic carbocycles. The lowest BCUT2D eigenvalue weighted by molar-refractivity contribution is 0.0676. The summed E-state index contributed by atoms with van der Waals surface area (Å²) >= 11 is 0. The molecule has 3 atom stereocenters. The molecule has 0 aromatic rings. The minimum atomic E-state index is 0.363. The van der Waals surface area contributed by atoms with Crippen LogP contribution in [0.4, 0.5) is 0 Å². The molecular formula is C18H38N2. The molecule has 0 spiro atoms. The Labute approximate surface area is 127 Å². The molecule has 1 saturated heterocycles. The van der Waals surface area contributed by atoms with Gasteiger partial charge in [-0.15, -0.1) is 0 Å². The van der Waals surface area contributed by atoms with Gasteiger partial charge in [0.1, 0.15) is 0 Å². The molecule has 0 bridgehead atoms. The Morgan fingerprint density at radius 2 is 1.90 bits per heavy atom. The molecule has 20 heavy (non-hydrogen) atoms. The first-order valence-electron chi connectivity index (χ1n) is 8.89. The molecule has 0 radical (unpaired) electrons. The van der Waals surface area contributed by atoms with Crippen LogP contribution in [0, 0.1) is 11.3 Å². The molecule has 120 valence electrons. The van der Waals surface area contributed by atoms with Crippen molar-refractivity contribution in [2.75, 3.05) is 19.6 Å². The van der Waals surface area contributed by atoms with E-state index in [-0.39, 0.29) is 0 Å². The first-order valence-corrected chi connectivity index (χ1v) is 8.89. The molecular weight excluding hydrogens is 244 g/mol. The van der Waals surface area contributed by atoms with E-state index >= 15 is 0 Å². The van der Waals surface area contributed by atoms with Gasteiger partial charge in [0.05, 0.1) is 0 Å². The summed E-state index contributed by atoms with van der Waals surface area (Å²) in [5.41, 5.74) is 0.363. The second-order valence-electron chi connectivity index (χ2n) is 7.76. The quantitative estimate of drug-likeness (QED) is 0.749. The summed E-state index contributed by atoms with van der Waals surface area (Å²) in [7, 11) is 0. The third-order valence-electron chi connectivity index (χ3n) is 5.09. The second-order valence-corrected chi connectivity index (χ2v) is 7.76. The highest BCUT2D eigenvalue weighted by Crippen LogP contribution is 2.26. The van der Waals surface area contributed by atoms with Crippen molar-refractivity contribution in [3.8, 4) is 0 Å². The van der Waals surface area contributed by atoms with E-state index in [0.29, 0.717) is 11.5 Å². The Balaban J connectivity index is 2.61. The fourth-order valence-corrected chi connectivity index (χ4v) is 3.31. The summed E-state index contributed by atoms with van der Waals surface area (Å²) in [6.45, 7) is 17.8. The standard InChI is InChI=1S/C18H38N2/c1-7-10-11-15(8-2)13-20-14-17(18(4,5)6)19-12-16(20)9-3/h15-17,19H,7-14H2,1-6H3. The number of nitrogens with zero attached hydrogens (tertiary/aromatic N) is 1. The van der Waals surface area contributed by atoms with Crippen LogP contribution >= 0.6 is 0 Å². The van der Waals surface area contributed by atoms with Crippen LogP contribution < -0.4 is 5.32 Å². The Bertz CT molecular complexity index is 257. The van der Waals surface area contributed by atoms with Gasteiger partial charge in [-0.05, 0) is 24.2 Å². The van der Waals surface area contributed by atoms with Crippen molar-refractivity contribution < 1.29 is 0 Å². The van der Waals surface area contributed by atoms with Crippen LogP contribution in [0.1, 0.15) is 73.6 Å². The lowest BCUT2D eigenvalue weighted by Crippen LogP contribution is -2.60. The fourth-order valence-electron chi connectivity index (χ4n) is 3.31. The molecule has 1 fully saturated rings. The summed E-state index contributed by atoms with van der Waals surface area (Å²) < 4.78 is 0. The summed E-state index contributed by atoms with van der Waals surface area (Å²) in [5.74, 6) is 0.891. The monoisotopic (exact) mass is 282 g/mol. The molecule has 0 aromatic carbocycles.